The van der Waals surface area contributed by atoms with Gasteiger partial charge < -0.3 is 25.4 Å². The van der Waals surface area contributed by atoms with Crippen LogP contribution in [0, 0.1) is 0 Å². The lowest BCUT2D eigenvalue weighted by molar-refractivity contribution is -0.159. The van der Waals surface area contributed by atoms with Crippen LogP contribution in [0.4, 0.5) is 0 Å². The maximum Gasteiger partial charge on any atom is 0.414 e. The van der Waals surface area contributed by atoms with Crippen LogP contribution in [-0.4, -0.2) is 65.1 Å². The zero-order chi connectivity index (χ0) is 20.7. The Kier molecular flexibility index (Phi) is 7.57. The van der Waals surface area contributed by atoms with E-state index in [4.69, 9.17) is 19.8 Å². The number of amides is 1. The number of aromatic amines is 1. The van der Waals surface area contributed by atoms with Crippen molar-refractivity contribution >= 4 is 28.7 Å². The van der Waals surface area contributed by atoms with E-state index in [2.05, 4.69) is 46.6 Å². The van der Waals surface area contributed by atoms with Gasteiger partial charge in [-0.3, -0.25) is 4.79 Å². The number of hydrogen-bond donors (Lipinski definition) is 4. The topological polar surface area (TPSA) is 123 Å². The first-order chi connectivity index (χ1) is 13.3. The highest BCUT2D eigenvalue weighted by atomic mass is 16.4. The quantitative estimate of drug-likeness (QED) is 0.592. The van der Waals surface area contributed by atoms with Crippen molar-refractivity contribution in [2.24, 2.45) is 0 Å². The Labute approximate surface area is 163 Å². The molecule has 2 heterocycles. The summed E-state index contributed by atoms with van der Waals surface area (Å²) in [5.41, 5.74) is 3.90. The second kappa shape index (κ2) is 9.89. The van der Waals surface area contributed by atoms with Crippen molar-refractivity contribution in [1.29, 1.82) is 0 Å². The highest BCUT2D eigenvalue weighted by Gasteiger charge is 2.21. The van der Waals surface area contributed by atoms with Crippen molar-refractivity contribution in [3.63, 3.8) is 0 Å². The molecule has 152 valence electrons. The molecule has 1 aromatic heterocycles. The van der Waals surface area contributed by atoms with Crippen LogP contribution in [0.1, 0.15) is 36.3 Å². The Balaban J connectivity index is 0.000000409. The summed E-state index contributed by atoms with van der Waals surface area (Å²) in [5, 5.41) is 18.8. The average molecular weight is 389 g/mol. The van der Waals surface area contributed by atoms with Crippen LogP contribution in [-0.2, 0) is 20.8 Å². The molecule has 1 saturated heterocycles. The largest absolute Gasteiger partial charge is 0.473 e. The van der Waals surface area contributed by atoms with Gasteiger partial charge in [0.05, 0.1) is 0 Å². The first-order valence-corrected chi connectivity index (χ1v) is 9.27. The van der Waals surface area contributed by atoms with Crippen molar-refractivity contribution < 1.29 is 24.6 Å². The number of aryl methyl sites for hydroxylation is 1. The Bertz CT molecular complexity index is 825. The third-order valence-corrected chi connectivity index (χ3v) is 5.04. The molecule has 1 amide bonds. The minimum absolute atomic E-state index is 0.102. The number of carboxylic acid groups (broad SMARTS) is 2. The number of H-pyrrole nitrogens is 1. The smallest absolute Gasteiger partial charge is 0.414 e. The maximum absolute atomic E-state index is 11.4. The number of aliphatic carboxylic acids is 2. The SMILES string of the molecule is CNC(=O)CCc1ccc2[nH]cc(C3CCN(C)CC3)c2c1.O=C(O)C(=O)O. The molecule has 8 nitrogen and oxygen atoms in total. The molecule has 0 unspecified atom stereocenters. The Morgan fingerprint density at radius 1 is 1.18 bits per heavy atom. The molecule has 0 atom stereocenters. The number of carbonyl (C=O) groups is 3. The molecule has 8 heteroatoms. The number of benzene rings is 1. The maximum atomic E-state index is 11.4. The molecule has 28 heavy (non-hydrogen) atoms. The number of nitrogens with zero attached hydrogens (tertiary/aromatic N) is 1. The van der Waals surface area contributed by atoms with E-state index in [0.29, 0.717) is 12.3 Å². The van der Waals surface area contributed by atoms with E-state index in [0.717, 1.165) is 6.42 Å². The second-order valence-electron chi connectivity index (χ2n) is 6.98. The van der Waals surface area contributed by atoms with Crippen LogP contribution in [0.2, 0.25) is 0 Å². The van der Waals surface area contributed by atoms with Gasteiger partial charge in [-0.05, 0) is 68.6 Å². The molecule has 4 N–H and O–H groups in total. The predicted molar refractivity (Wildman–Crippen MR) is 105 cm³/mol. The van der Waals surface area contributed by atoms with Gasteiger partial charge in [-0.2, -0.15) is 0 Å². The summed E-state index contributed by atoms with van der Waals surface area (Å²) in [5.74, 6) is -2.89. The van der Waals surface area contributed by atoms with Crippen LogP contribution in [0.5, 0.6) is 0 Å². The fourth-order valence-electron chi connectivity index (χ4n) is 3.39. The van der Waals surface area contributed by atoms with Crippen LogP contribution in [0.25, 0.3) is 10.9 Å². The third-order valence-electron chi connectivity index (χ3n) is 5.04. The number of aromatic nitrogens is 1. The number of nitrogens with one attached hydrogen (secondary N) is 2. The van der Waals surface area contributed by atoms with E-state index < -0.39 is 11.9 Å². The van der Waals surface area contributed by atoms with Gasteiger partial charge in [-0.1, -0.05) is 6.07 Å². The molecule has 0 saturated carbocycles. The standard InChI is InChI=1S/C18H25N3O.C2H2O4/c1-19-18(22)6-4-13-3-5-17-15(11-13)16(12-20-17)14-7-9-21(2)10-8-14;3-1(4)2(5)6/h3,5,11-12,14,20H,4,6-10H2,1-2H3,(H,19,22);(H,3,4)(H,5,6). The molecule has 1 aliphatic rings. The number of fused-ring (bicyclic) bond motifs is 1. The van der Waals surface area contributed by atoms with E-state index in [-0.39, 0.29) is 5.91 Å². The first kappa shape index (κ1) is 21.4. The van der Waals surface area contributed by atoms with Crippen LogP contribution in [0.3, 0.4) is 0 Å². The Morgan fingerprint density at radius 3 is 2.39 bits per heavy atom. The van der Waals surface area contributed by atoms with Gasteiger partial charge in [0.25, 0.3) is 0 Å². The zero-order valence-corrected chi connectivity index (χ0v) is 16.2. The third kappa shape index (κ3) is 5.82. The van der Waals surface area contributed by atoms with Crippen LogP contribution < -0.4 is 5.32 Å². The summed E-state index contributed by atoms with van der Waals surface area (Å²) < 4.78 is 0. The second-order valence-corrected chi connectivity index (χ2v) is 6.98. The summed E-state index contributed by atoms with van der Waals surface area (Å²) in [6, 6.07) is 6.54. The van der Waals surface area contributed by atoms with Gasteiger partial charge in [0, 0.05) is 30.6 Å². The summed E-state index contributed by atoms with van der Waals surface area (Å²) >= 11 is 0. The van der Waals surface area contributed by atoms with Crippen molar-refractivity contribution in [2.45, 2.75) is 31.6 Å². The lowest BCUT2D eigenvalue weighted by Crippen LogP contribution is -2.29. The van der Waals surface area contributed by atoms with Crippen LogP contribution >= 0.6 is 0 Å². The monoisotopic (exact) mass is 389 g/mol. The summed E-state index contributed by atoms with van der Waals surface area (Å²) in [6.07, 6.45) is 5.99. The van der Waals surface area contributed by atoms with E-state index in [1.165, 1.54) is 48.0 Å². The fourth-order valence-corrected chi connectivity index (χ4v) is 3.39. The van der Waals surface area contributed by atoms with Gasteiger partial charge in [0.15, 0.2) is 0 Å². The summed E-state index contributed by atoms with van der Waals surface area (Å²) in [7, 11) is 3.89. The van der Waals surface area contributed by atoms with Gasteiger partial charge >= 0.3 is 11.9 Å². The number of rotatable bonds is 4. The molecule has 0 bridgehead atoms. The summed E-state index contributed by atoms with van der Waals surface area (Å²) in [6.45, 7) is 2.35. The minimum atomic E-state index is -1.82. The van der Waals surface area contributed by atoms with Gasteiger partial charge in [0.1, 0.15) is 0 Å². The molecular formula is C20H27N3O5. The van der Waals surface area contributed by atoms with E-state index in [1.54, 1.807) is 7.05 Å². The minimum Gasteiger partial charge on any atom is -0.473 e. The molecule has 1 fully saturated rings. The normalized spacial score (nSPS) is 14.9. The van der Waals surface area contributed by atoms with Gasteiger partial charge in [-0.15, -0.1) is 0 Å². The van der Waals surface area contributed by atoms with Crippen molar-refractivity contribution in [3.8, 4) is 0 Å². The molecule has 0 radical (unpaired) electrons. The summed E-state index contributed by atoms with van der Waals surface area (Å²) in [4.78, 5) is 35.4. The lowest BCUT2D eigenvalue weighted by atomic mass is 9.89. The first-order valence-electron chi connectivity index (χ1n) is 9.27. The van der Waals surface area contributed by atoms with E-state index >= 15 is 0 Å². The van der Waals surface area contributed by atoms with Crippen molar-refractivity contribution in [2.75, 3.05) is 27.2 Å². The Hall–Kier alpha value is -2.87. The molecule has 0 aliphatic carbocycles. The fraction of sp³-hybridized carbons (Fsp3) is 0.450. The number of likely N-dealkylation sites (tertiary alicyclic amines) is 1. The zero-order valence-electron chi connectivity index (χ0n) is 16.2. The molecule has 2 aromatic rings. The molecular weight excluding hydrogens is 362 g/mol. The molecule has 1 aromatic carbocycles. The van der Waals surface area contributed by atoms with E-state index in [1.807, 2.05) is 0 Å². The van der Waals surface area contributed by atoms with Gasteiger partial charge in [-0.25, -0.2) is 9.59 Å². The average Bonchev–Trinajstić information content (AvgIpc) is 3.10. The Morgan fingerprint density at radius 2 is 1.82 bits per heavy atom. The predicted octanol–water partition coefficient (Wildman–Crippen LogP) is 1.81. The van der Waals surface area contributed by atoms with E-state index in [9.17, 15) is 4.79 Å². The number of piperidine rings is 1. The highest BCUT2D eigenvalue weighted by Crippen LogP contribution is 2.33. The molecule has 1 aliphatic heterocycles. The van der Waals surface area contributed by atoms with Gasteiger partial charge in [0.2, 0.25) is 5.91 Å². The molecule has 3 rings (SSSR count). The lowest BCUT2D eigenvalue weighted by Gasteiger charge is -2.28. The number of carboxylic acids is 2. The number of carbonyl (C=O) groups excluding carboxylic acids is 1. The van der Waals surface area contributed by atoms with Crippen molar-refractivity contribution in [1.82, 2.24) is 15.2 Å². The van der Waals surface area contributed by atoms with Crippen molar-refractivity contribution in [3.05, 3.63) is 35.5 Å². The number of hydrogen-bond acceptors (Lipinski definition) is 4. The molecule has 0 spiro atoms. The highest BCUT2D eigenvalue weighted by molar-refractivity contribution is 6.27. The van der Waals surface area contributed by atoms with Crippen LogP contribution in [0.15, 0.2) is 24.4 Å².